The summed E-state index contributed by atoms with van der Waals surface area (Å²) in [5.41, 5.74) is 12.4. The number of hydrogen-bond acceptors (Lipinski definition) is 2. The summed E-state index contributed by atoms with van der Waals surface area (Å²) < 4.78 is 0. The van der Waals surface area contributed by atoms with Gasteiger partial charge in [0.1, 0.15) is 0 Å². The number of nitrogens with two attached hydrogens (primary N) is 1. The summed E-state index contributed by atoms with van der Waals surface area (Å²) in [5.74, 6) is 0. The third-order valence-electron chi connectivity index (χ3n) is 4.29. The molecule has 0 radical (unpaired) electrons. The van der Waals surface area contributed by atoms with Crippen LogP contribution in [-0.2, 0) is 18.4 Å². The number of nitrogen functional groups attached to an aromatic ring is 1. The van der Waals surface area contributed by atoms with Gasteiger partial charge in [-0.15, -0.1) is 0 Å². The van der Waals surface area contributed by atoms with Crippen LogP contribution in [-0.4, -0.2) is 6.54 Å². The Morgan fingerprint density at radius 3 is 2.43 bits per heavy atom. The Bertz CT molecular complexity index is 636. The van der Waals surface area contributed by atoms with Crippen molar-refractivity contribution < 1.29 is 0 Å². The number of nitrogens with zero attached hydrogens (tertiary/aromatic N) is 1. The Hall–Kier alpha value is -1.96. The summed E-state index contributed by atoms with van der Waals surface area (Å²) in [4.78, 5) is 2.45. The van der Waals surface area contributed by atoms with Gasteiger partial charge in [0.15, 0.2) is 0 Å². The van der Waals surface area contributed by atoms with Crippen molar-refractivity contribution >= 4 is 11.4 Å². The first-order valence-electron chi connectivity index (χ1n) is 7.66. The first kappa shape index (κ1) is 14.0. The maximum atomic E-state index is 5.87. The van der Waals surface area contributed by atoms with E-state index in [1.165, 1.54) is 22.4 Å². The van der Waals surface area contributed by atoms with Crippen molar-refractivity contribution in [1.29, 1.82) is 0 Å². The van der Waals surface area contributed by atoms with Crippen LogP contribution in [0, 0.1) is 0 Å². The van der Waals surface area contributed by atoms with E-state index in [1.807, 2.05) is 6.07 Å². The molecule has 1 aliphatic heterocycles. The number of anilines is 2. The lowest BCUT2D eigenvalue weighted by Crippen LogP contribution is -2.19. The molecule has 0 spiro atoms. The minimum atomic E-state index is 0.219. The molecule has 0 bridgehead atoms. The van der Waals surface area contributed by atoms with Crippen LogP contribution in [0.15, 0.2) is 42.5 Å². The molecule has 0 fully saturated rings. The topological polar surface area (TPSA) is 29.3 Å². The molecule has 1 heterocycles. The number of hydrogen-bond donors (Lipinski definition) is 1. The molecule has 0 aliphatic carbocycles. The SMILES string of the molecule is CC(C)(C)c1ccc(CN2CCc3cc(N)ccc32)cc1. The molecule has 0 atom stereocenters. The quantitative estimate of drug-likeness (QED) is 0.838. The highest BCUT2D eigenvalue weighted by Gasteiger charge is 2.19. The number of benzene rings is 2. The lowest BCUT2D eigenvalue weighted by Gasteiger charge is -2.22. The molecule has 1 aliphatic rings. The predicted octanol–water partition coefficient (Wildman–Crippen LogP) is 4.13. The van der Waals surface area contributed by atoms with E-state index in [2.05, 4.69) is 62.1 Å². The predicted molar refractivity (Wildman–Crippen MR) is 90.8 cm³/mol. The molecule has 0 amide bonds. The summed E-state index contributed by atoms with van der Waals surface area (Å²) in [5, 5.41) is 0. The van der Waals surface area contributed by atoms with Crippen LogP contribution >= 0.6 is 0 Å². The first-order valence-corrected chi connectivity index (χ1v) is 7.66. The maximum absolute atomic E-state index is 5.87. The molecule has 2 heteroatoms. The fraction of sp³-hybridized carbons (Fsp3) is 0.368. The smallest absolute Gasteiger partial charge is 0.0429 e. The average molecular weight is 280 g/mol. The normalized spacial score (nSPS) is 14.3. The van der Waals surface area contributed by atoms with Crippen LogP contribution in [0.4, 0.5) is 11.4 Å². The van der Waals surface area contributed by atoms with E-state index in [9.17, 15) is 0 Å². The Morgan fingerprint density at radius 2 is 1.76 bits per heavy atom. The highest BCUT2D eigenvalue weighted by molar-refractivity contribution is 5.63. The average Bonchev–Trinajstić information content (AvgIpc) is 2.80. The van der Waals surface area contributed by atoms with Crippen molar-refractivity contribution in [2.45, 2.75) is 39.2 Å². The zero-order valence-corrected chi connectivity index (χ0v) is 13.2. The lowest BCUT2D eigenvalue weighted by molar-refractivity contribution is 0.590. The summed E-state index contributed by atoms with van der Waals surface area (Å²) in [6, 6.07) is 15.3. The fourth-order valence-corrected chi connectivity index (χ4v) is 2.98. The minimum Gasteiger partial charge on any atom is -0.399 e. The van der Waals surface area contributed by atoms with E-state index in [0.29, 0.717) is 0 Å². The molecule has 0 unspecified atom stereocenters. The standard InChI is InChI=1S/C19H24N2/c1-19(2,3)16-6-4-14(5-7-16)13-21-11-10-15-12-17(20)8-9-18(15)21/h4-9,12H,10-11,13,20H2,1-3H3. The molecule has 21 heavy (non-hydrogen) atoms. The van der Waals surface area contributed by atoms with Gasteiger partial charge in [0.25, 0.3) is 0 Å². The van der Waals surface area contributed by atoms with Crippen LogP contribution in [0.2, 0.25) is 0 Å². The van der Waals surface area contributed by atoms with E-state index in [1.54, 1.807) is 0 Å². The largest absolute Gasteiger partial charge is 0.399 e. The van der Waals surface area contributed by atoms with E-state index < -0.39 is 0 Å². The second-order valence-corrected chi connectivity index (χ2v) is 7.01. The van der Waals surface area contributed by atoms with Gasteiger partial charge in [-0.1, -0.05) is 45.0 Å². The van der Waals surface area contributed by atoms with Crippen molar-refractivity contribution in [2.75, 3.05) is 17.2 Å². The lowest BCUT2D eigenvalue weighted by atomic mass is 9.87. The maximum Gasteiger partial charge on any atom is 0.0429 e. The number of rotatable bonds is 2. The van der Waals surface area contributed by atoms with Crippen molar-refractivity contribution in [1.82, 2.24) is 0 Å². The summed E-state index contributed by atoms with van der Waals surface area (Å²) in [6.07, 6.45) is 1.10. The second kappa shape index (κ2) is 5.10. The highest BCUT2D eigenvalue weighted by atomic mass is 15.1. The third-order valence-corrected chi connectivity index (χ3v) is 4.29. The van der Waals surface area contributed by atoms with Crippen molar-refractivity contribution in [3.8, 4) is 0 Å². The van der Waals surface area contributed by atoms with Crippen LogP contribution in [0.3, 0.4) is 0 Å². The molecule has 2 nitrogen and oxygen atoms in total. The molecular formula is C19H24N2. The van der Waals surface area contributed by atoms with Gasteiger partial charge < -0.3 is 10.6 Å². The molecule has 2 N–H and O–H groups in total. The molecule has 3 rings (SSSR count). The second-order valence-electron chi connectivity index (χ2n) is 7.01. The van der Waals surface area contributed by atoms with E-state index in [0.717, 1.165) is 25.2 Å². The van der Waals surface area contributed by atoms with Gasteiger partial charge in [0.05, 0.1) is 0 Å². The number of fused-ring (bicyclic) bond motifs is 1. The highest BCUT2D eigenvalue weighted by Crippen LogP contribution is 2.31. The van der Waals surface area contributed by atoms with E-state index in [-0.39, 0.29) is 5.41 Å². The third kappa shape index (κ3) is 2.90. The van der Waals surface area contributed by atoms with Gasteiger partial charge in [-0.2, -0.15) is 0 Å². The van der Waals surface area contributed by atoms with Crippen LogP contribution in [0.25, 0.3) is 0 Å². The molecule has 0 saturated carbocycles. The van der Waals surface area contributed by atoms with Gasteiger partial charge in [-0.05, 0) is 46.7 Å². The zero-order valence-electron chi connectivity index (χ0n) is 13.2. The Labute approximate surface area is 127 Å². The molecule has 2 aromatic carbocycles. The van der Waals surface area contributed by atoms with Crippen LogP contribution in [0.5, 0.6) is 0 Å². The van der Waals surface area contributed by atoms with Crippen molar-refractivity contribution in [3.63, 3.8) is 0 Å². The van der Waals surface area contributed by atoms with E-state index >= 15 is 0 Å². The van der Waals surface area contributed by atoms with Gasteiger partial charge in [0.2, 0.25) is 0 Å². The monoisotopic (exact) mass is 280 g/mol. The van der Waals surface area contributed by atoms with E-state index in [4.69, 9.17) is 5.73 Å². The summed E-state index contributed by atoms with van der Waals surface area (Å²) >= 11 is 0. The molecule has 110 valence electrons. The van der Waals surface area contributed by atoms with Crippen molar-refractivity contribution in [3.05, 3.63) is 59.2 Å². The Kier molecular flexibility index (Phi) is 3.40. The summed E-state index contributed by atoms with van der Waals surface area (Å²) in [7, 11) is 0. The molecular weight excluding hydrogens is 256 g/mol. The van der Waals surface area contributed by atoms with Crippen LogP contribution < -0.4 is 10.6 Å². The fourth-order valence-electron chi connectivity index (χ4n) is 2.98. The zero-order chi connectivity index (χ0) is 15.0. The summed E-state index contributed by atoms with van der Waals surface area (Å²) in [6.45, 7) is 8.82. The van der Waals surface area contributed by atoms with Crippen molar-refractivity contribution in [2.24, 2.45) is 0 Å². The molecule has 0 saturated heterocycles. The minimum absolute atomic E-state index is 0.219. The van der Waals surface area contributed by atoms with Gasteiger partial charge in [-0.3, -0.25) is 0 Å². The molecule has 0 aromatic heterocycles. The van der Waals surface area contributed by atoms with Gasteiger partial charge in [0, 0.05) is 24.5 Å². The van der Waals surface area contributed by atoms with Gasteiger partial charge in [-0.25, -0.2) is 0 Å². The van der Waals surface area contributed by atoms with Crippen LogP contribution in [0.1, 0.15) is 37.5 Å². The molecule has 2 aromatic rings. The van der Waals surface area contributed by atoms with Gasteiger partial charge >= 0.3 is 0 Å². The first-order chi connectivity index (χ1) is 9.93. The Morgan fingerprint density at radius 1 is 1.05 bits per heavy atom. The Balaban J connectivity index is 1.77.